The van der Waals surface area contributed by atoms with E-state index in [0.29, 0.717) is 28.8 Å². The quantitative estimate of drug-likeness (QED) is 0.187. The van der Waals surface area contributed by atoms with Crippen LogP contribution in [0.3, 0.4) is 0 Å². The fourth-order valence-corrected chi connectivity index (χ4v) is 6.10. The van der Waals surface area contributed by atoms with Crippen LogP contribution < -0.4 is 4.74 Å². The molecule has 2 heterocycles. The van der Waals surface area contributed by atoms with E-state index in [4.69, 9.17) is 14.5 Å². The smallest absolute Gasteiger partial charge is 0.344 e. The molecular weight excluding hydrogens is 600 g/mol. The molecule has 0 radical (unpaired) electrons. The number of esters is 1. The number of rotatable bonds is 9. The van der Waals surface area contributed by atoms with Crippen LogP contribution in [0.5, 0.6) is 5.75 Å². The molecule has 0 bridgehead atoms. The second kappa shape index (κ2) is 12.8. The van der Waals surface area contributed by atoms with Gasteiger partial charge in [0.25, 0.3) is 0 Å². The first-order valence-electron chi connectivity index (χ1n) is 13.6. The Morgan fingerprint density at radius 1 is 1.02 bits per heavy atom. The molecule has 0 aliphatic carbocycles. The van der Waals surface area contributed by atoms with Crippen molar-refractivity contribution >= 4 is 61.4 Å². The van der Waals surface area contributed by atoms with Crippen LogP contribution in [0.15, 0.2) is 98.6 Å². The third kappa shape index (κ3) is 6.29. The van der Waals surface area contributed by atoms with E-state index in [0.717, 1.165) is 33.1 Å². The van der Waals surface area contributed by atoms with Crippen molar-refractivity contribution in [1.82, 2.24) is 4.57 Å². The third-order valence-electron chi connectivity index (χ3n) is 6.70. The molecule has 0 saturated carbocycles. The Hall–Kier alpha value is -3.75. The highest BCUT2D eigenvalue weighted by atomic mass is 79.9. The minimum absolute atomic E-state index is 0.0739. The molecule has 0 spiro atoms. The average molecular weight is 632 g/mol. The number of aliphatic imine (C=N–C) groups is 1. The molecule has 8 heteroatoms. The van der Waals surface area contributed by atoms with Gasteiger partial charge in [0.05, 0.1) is 29.3 Å². The Morgan fingerprint density at radius 3 is 2.46 bits per heavy atom. The predicted octanol–water partition coefficient (Wildman–Crippen LogP) is 8.61. The molecule has 6 nitrogen and oxygen atoms in total. The first-order valence-corrected chi connectivity index (χ1v) is 15.2. The van der Waals surface area contributed by atoms with Gasteiger partial charge >= 0.3 is 5.97 Å². The molecule has 4 aromatic rings. The number of carbonyl (C=O) groups is 1. The number of halogens is 1. The molecule has 3 aromatic carbocycles. The number of para-hydroxylation sites is 1. The van der Waals surface area contributed by atoms with Crippen LogP contribution in [0.2, 0.25) is 0 Å². The highest BCUT2D eigenvalue weighted by Gasteiger charge is 2.33. The van der Waals surface area contributed by atoms with Crippen LogP contribution >= 0.6 is 27.7 Å². The number of hydrogen-bond acceptors (Lipinski definition) is 6. The summed E-state index contributed by atoms with van der Waals surface area (Å²) in [5.74, 6) is 0.0150. The van der Waals surface area contributed by atoms with Gasteiger partial charge in [-0.3, -0.25) is 0 Å². The number of fused-ring (bicyclic) bond motifs is 1. The van der Waals surface area contributed by atoms with Gasteiger partial charge in [-0.2, -0.15) is 0 Å². The van der Waals surface area contributed by atoms with E-state index in [1.807, 2.05) is 49.4 Å². The van der Waals surface area contributed by atoms with Crippen molar-refractivity contribution in [2.24, 2.45) is 4.99 Å². The van der Waals surface area contributed by atoms with Crippen molar-refractivity contribution in [3.63, 3.8) is 0 Å². The number of thioether (sulfide) groups is 1. The van der Waals surface area contributed by atoms with Crippen LogP contribution in [-0.4, -0.2) is 33.9 Å². The van der Waals surface area contributed by atoms with Gasteiger partial charge in [-0.1, -0.05) is 64.9 Å². The number of aliphatic hydroxyl groups is 1. The van der Waals surface area contributed by atoms with Crippen LogP contribution in [0.25, 0.3) is 17.0 Å². The van der Waals surface area contributed by atoms with E-state index < -0.39 is 5.97 Å². The van der Waals surface area contributed by atoms with E-state index in [2.05, 4.69) is 63.9 Å². The third-order valence-corrected chi connectivity index (χ3v) is 8.24. The van der Waals surface area contributed by atoms with Crippen molar-refractivity contribution in [1.29, 1.82) is 0 Å². The zero-order valence-electron chi connectivity index (χ0n) is 23.2. The average Bonchev–Trinajstić information content (AvgIpc) is 3.47. The number of aliphatic hydroxyl groups excluding tert-OH is 1. The zero-order chi connectivity index (χ0) is 28.9. The summed E-state index contributed by atoms with van der Waals surface area (Å²) >= 11 is 4.78. The summed E-state index contributed by atoms with van der Waals surface area (Å²) in [5, 5.41) is 12.8. The summed E-state index contributed by atoms with van der Waals surface area (Å²) in [4.78, 5) is 18.2. The van der Waals surface area contributed by atoms with Crippen LogP contribution in [0.1, 0.15) is 37.5 Å². The van der Waals surface area contributed by atoms with E-state index >= 15 is 0 Å². The number of ether oxygens (including phenoxy) is 2. The van der Waals surface area contributed by atoms with Crippen LogP contribution in [0, 0.1) is 0 Å². The minimum atomic E-state index is -0.600. The topological polar surface area (TPSA) is 73.0 Å². The molecule has 1 aliphatic rings. The zero-order valence-corrected chi connectivity index (χ0v) is 25.6. The van der Waals surface area contributed by atoms with Crippen molar-refractivity contribution in [2.75, 3.05) is 13.2 Å². The maximum absolute atomic E-state index is 12.9. The molecule has 0 atom stereocenters. The number of nitrogens with zero attached hydrogens (tertiary/aromatic N) is 2. The lowest BCUT2D eigenvalue weighted by molar-refractivity contribution is -0.138. The number of carbonyl (C=O) groups excluding carboxylic acids is 1. The monoisotopic (exact) mass is 630 g/mol. The maximum Gasteiger partial charge on any atom is 0.344 e. The summed E-state index contributed by atoms with van der Waals surface area (Å²) in [6.07, 6.45) is 4.93. The molecule has 0 fully saturated rings. The van der Waals surface area contributed by atoms with Crippen molar-refractivity contribution < 1.29 is 19.4 Å². The predicted molar refractivity (Wildman–Crippen MR) is 171 cm³/mol. The standard InChI is InChI=1S/C33H31BrN2O4S/c1-4-22-8-7-9-27-23(20-36(30(22)27)19-21-10-12-24(34)13-11-21)18-28-31(37)29(33(38)40-6-3)32(41-28)35-25-14-16-26(17-15-25)39-5-2/h7-18,20,37H,4-6,19H2,1-3H3/b28-18-,35-32?. The van der Waals surface area contributed by atoms with Gasteiger partial charge in [-0.05, 0) is 73.9 Å². The lowest BCUT2D eigenvalue weighted by atomic mass is 10.1. The van der Waals surface area contributed by atoms with Gasteiger partial charge in [-0.25, -0.2) is 9.79 Å². The van der Waals surface area contributed by atoms with Gasteiger partial charge in [0, 0.05) is 28.2 Å². The number of aryl methyl sites for hydroxylation is 1. The molecule has 0 unspecified atom stereocenters. The maximum atomic E-state index is 12.9. The summed E-state index contributed by atoms with van der Waals surface area (Å²) < 4.78 is 14.1. The highest BCUT2D eigenvalue weighted by Crippen LogP contribution is 2.41. The molecule has 0 amide bonds. The first kappa shape index (κ1) is 28.8. The number of hydrogen-bond donors (Lipinski definition) is 1. The SMILES string of the molecule is CCOC(=O)C1=C(O)/C(=C/c2cn(Cc3ccc(Br)cc3)c3c(CC)cccc23)SC1=Nc1ccc(OCC)cc1. The van der Waals surface area contributed by atoms with E-state index in [1.54, 1.807) is 6.92 Å². The normalized spacial score (nSPS) is 15.3. The molecule has 1 aliphatic heterocycles. The molecular formula is C33H31BrN2O4S. The molecule has 1 N–H and O–H groups in total. The second-order valence-corrected chi connectivity index (χ2v) is 11.4. The molecule has 0 saturated heterocycles. The van der Waals surface area contributed by atoms with Crippen molar-refractivity contribution in [3.05, 3.63) is 110 Å². The Kier molecular flexibility index (Phi) is 9.00. The van der Waals surface area contributed by atoms with Gasteiger partial charge in [0.15, 0.2) is 0 Å². The van der Waals surface area contributed by atoms with Gasteiger partial charge in [0.1, 0.15) is 22.1 Å². The Bertz CT molecular complexity index is 1670. The van der Waals surface area contributed by atoms with Crippen LogP contribution in [-0.2, 0) is 22.5 Å². The molecule has 1 aromatic heterocycles. The van der Waals surface area contributed by atoms with E-state index in [-0.39, 0.29) is 17.9 Å². The summed E-state index contributed by atoms with van der Waals surface area (Å²) in [5.41, 5.74) is 5.25. The Morgan fingerprint density at radius 2 is 1.78 bits per heavy atom. The lowest BCUT2D eigenvalue weighted by Crippen LogP contribution is -2.12. The largest absolute Gasteiger partial charge is 0.506 e. The second-order valence-electron chi connectivity index (χ2n) is 9.40. The van der Waals surface area contributed by atoms with Crippen LogP contribution in [0.4, 0.5) is 5.69 Å². The Labute approximate surface area is 252 Å². The van der Waals surface area contributed by atoms with Gasteiger partial charge < -0.3 is 19.1 Å². The van der Waals surface area contributed by atoms with Crippen molar-refractivity contribution in [2.45, 2.75) is 33.7 Å². The lowest BCUT2D eigenvalue weighted by Gasteiger charge is -2.09. The fourth-order valence-electron chi connectivity index (χ4n) is 4.81. The summed E-state index contributed by atoms with van der Waals surface area (Å²) in [7, 11) is 0. The fraction of sp³-hybridized carbons (Fsp3) is 0.212. The van der Waals surface area contributed by atoms with E-state index in [9.17, 15) is 9.90 Å². The number of aromatic nitrogens is 1. The summed E-state index contributed by atoms with van der Waals surface area (Å²) in [6.45, 7) is 7.29. The van der Waals surface area contributed by atoms with Crippen molar-refractivity contribution in [3.8, 4) is 5.75 Å². The number of benzene rings is 3. The molecule has 210 valence electrons. The first-order chi connectivity index (χ1) is 19.9. The van der Waals surface area contributed by atoms with Gasteiger partial charge in [0.2, 0.25) is 0 Å². The Balaban J connectivity index is 1.58. The molecule has 41 heavy (non-hydrogen) atoms. The minimum Gasteiger partial charge on any atom is -0.506 e. The summed E-state index contributed by atoms with van der Waals surface area (Å²) in [6, 6.07) is 21.9. The van der Waals surface area contributed by atoms with E-state index in [1.165, 1.54) is 22.9 Å². The highest BCUT2D eigenvalue weighted by molar-refractivity contribution is 9.10. The van der Waals surface area contributed by atoms with Gasteiger partial charge in [-0.15, -0.1) is 0 Å². The molecule has 5 rings (SSSR count).